The van der Waals surface area contributed by atoms with Crippen LogP contribution in [-0.4, -0.2) is 4.98 Å². The standard InChI is InChI=1S/C16H13ClN2OS/c17-12-3-1-2-11(8-12)16-19-14(9-20-16)10-21-15-6-4-13(18)5-7-15/h1-9H,10,18H2. The zero-order valence-electron chi connectivity index (χ0n) is 11.1. The van der Waals surface area contributed by atoms with Crippen LogP contribution >= 0.6 is 23.4 Å². The number of benzene rings is 2. The number of nitrogens with zero attached hydrogens (tertiary/aromatic N) is 1. The highest BCUT2D eigenvalue weighted by molar-refractivity contribution is 7.98. The number of anilines is 1. The quantitative estimate of drug-likeness (QED) is 0.551. The largest absolute Gasteiger partial charge is 0.444 e. The minimum atomic E-state index is 0.588. The van der Waals surface area contributed by atoms with Gasteiger partial charge in [0.15, 0.2) is 0 Å². The molecule has 21 heavy (non-hydrogen) atoms. The molecule has 2 aromatic carbocycles. The Morgan fingerprint density at radius 2 is 1.95 bits per heavy atom. The van der Waals surface area contributed by atoms with Gasteiger partial charge in [0.1, 0.15) is 6.26 Å². The number of halogens is 1. The number of rotatable bonds is 4. The molecule has 0 atom stereocenters. The molecule has 0 aliphatic rings. The normalized spacial score (nSPS) is 10.7. The van der Waals surface area contributed by atoms with E-state index >= 15 is 0 Å². The molecule has 0 saturated heterocycles. The first-order valence-corrected chi connectivity index (χ1v) is 7.76. The number of nitrogens with two attached hydrogens (primary N) is 1. The molecule has 5 heteroatoms. The summed E-state index contributed by atoms with van der Waals surface area (Å²) in [5.41, 5.74) is 8.21. The molecule has 0 aliphatic heterocycles. The monoisotopic (exact) mass is 316 g/mol. The van der Waals surface area contributed by atoms with Crippen LogP contribution in [0.25, 0.3) is 11.5 Å². The lowest BCUT2D eigenvalue weighted by Gasteiger charge is -1.99. The second kappa shape index (κ2) is 6.24. The van der Waals surface area contributed by atoms with E-state index in [-0.39, 0.29) is 0 Å². The minimum Gasteiger partial charge on any atom is -0.444 e. The van der Waals surface area contributed by atoms with E-state index in [2.05, 4.69) is 4.98 Å². The van der Waals surface area contributed by atoms with Crippen molar-refractivity contribution in [2.24, 2.45) is 0 Å². The van der Waals surface area contributed by atoms with E-state index in [1.54, 1.807) is 18.0 Å². The smallest absolute Gasteiger partial charge is 0.226 e. The first-order chi connectivity index (χ1) is 10.2. The Balaban J connectivity index is 1.69. The summed E-state index contributed by atoms with van der Waals surface area (Å²) in [5, 5.41) is 0.670. The third-order valence-corrected chi connectivity index (χ3v) is 4.17. The van der Waals surface area contributed by atoms with E-state index in [4.69, 9.17) is 21.8 Å². The van der Waals surface area contributed by atoms with Crippen LogP contribution in [-0.2, 0) is 5.75 Å². The second-order valence-electron chi connectivity index (χ2n) is 4.51. The van der Waals surface area contributed by atoms with Gasteiger partial charge in [0, 0.05) is 26.9 Å². The molecule has 0 fully saturated rings. The molecular formula is C16H13ClN2OS. The highest BCUT2D eigenvalue weighted by Gasteiger charge is 2.07. The molecule has 0 saturated carbocycles. The highest BCUT2D eigenvalue weighted by atomic mass is 35.5. The lowest BCUT2D eigenvalue weighted by atomic mass is 10.2. The molecule has 0 radical (unpaired) electrons. The average Bonchev–Trinajstić information content (AvgIpc) is 2.96. The summed E-state index contributed by atoms with van der Waals surface area (Å²) in [5.74, 6) is 1.33. The van der Waals surface area contributed by atoms with Gasteiger partial charge in [-0.05, 0) is 42.5 Å². The van der Waals surface area contributed by atoms with Crippen molar-refractivity contribution in [1.82, 2.24) is 4.98 Å². The molecule has 3 rings (SSSR count). The van der Waals surface area contributed by atoms with Gasteiger partial charge in [-0.3, -0.25) is 0 Å². The zero-order valence-corrected chi connectivity index (χ0v) is 12.7. The van der Waals surface area contributed by atoms with Crippen molar-refractivity contribution >= 4 is 29.1 Å². The van der Waals surface area contributed by atoms with Crippen LogP contribution in [0.1, 0.15) is 5.69 Å². The van der Waals surface area contributed by atoms with E-state index in [0.29, 0.717) is 10.9 Å². The number of oxazole rings is 1. The van der Waals surface area contributed by atoms with Crippen LogP contribution in [0, 0.1) is 0 Å². The van der Waals surface area contributed by atoms with Gasteiger partial charge in [0.05, 0.1) is 5.69 Å². The molecule has 106 valence electrons. The van der Waals surface area contributed by atoms with Crippen LogP contribution in [0.2, 0.25) is 5.02 Å². The summed E-state index contributed by atoms with van der Waals surface area (Å²) in [7, 11) is 0. The third kappa shape index (κ3) is 3.60. The summed E-state index contributed by atoms with van der Waals surface area (Å²) in [4.78, 5) is 5.63. The maximum atomic E-state index is 5.97. The molecule has 0 amide bonds. The number of hydrogen-bond donors (Lipinski definition) is 1. The first kappa shape index (κ1) is 14.0. The fraction of sp³-hybridized carbons (Fsp3) is 0.0625. The van der Waals surface area contributed by atoms with Crippen molar-refractivity contribution in [3.8, 4) is 11.5 Å². The Labute approximate surface area is 132 Å². The summed E-state index contributed by atoms with van der Waals surface area (Å²) in [6.45, 7) is 0. The van der Waals surface area contributed by atoms with Gasteiger partial charge in [-0.25, -0.2) is 4.98 Å². The molecule has 0 spiro atoms. The molecular weight excluding hydrogens is 304 g/mol. The molecule has 1 aromatic heterocycles. The molecule has 0 bridgehead atoms. The van der Waals surface area contributed by atoms with Crippen molar-refractivity contribution in [2.45, 2.75) is 10.6 Å². The Bertz CT molecular complexity index is 740. The molecule has 3 aromatic rings. The summed E-state index contributed by atoms with van der Waals surface area (Å²) in [6.07, 6.45) is 1.68. The fourth-order valence-corrected chi connectivity index (χ4v) is 2.81. The van der Waals surface area contributed by atoms with Crippen molar-refractivity contribution in [2.75, 3.05) is 5.73 Å². The lowest BCUT2D eigenvalue weighted by Crippen LogP contribution is -1.84. The summed E-state index contributed by atoms with van der Waals surface area (Å²) in [6, 6.07) is 15.2. The van der Waals surface area contributed by atoms with Crippen LogP contribution in [0.5, 0.6) is 0 Å². The Hall–Kier alpha value is -1.91. The molecule has 2 N–H and O–H groups in total. The number of aromatic nitrogens is 1. The van der Waals surface area contributed by atoms with E-state index in [9.17, 15) is 0 Å². The maximum Gasteiger partial charge on any atom is 0.226 e. The van der Waals surface area contributed by atoms with Gasteiger partial charge in [-0.1, -0.05) is 17.7 Å². The SMILES string of the molecule is Nc1ccc(SCc2coc(-c3cccc(Cl)c3)n2)cc1. The van der Waals surface area contributed by atoms with Crippen molar-refractivity contribution in [1.29, 1.82) is 0 Å². The zero-order chi connectivity index (χ0) is 14.7. The summed E-state index contributed by atoms with van der Waals surface area (Å²) < 4.78 is 5.51. The average molecular weight is 317 g/mol. The molecule has 0 unspecified atom stereocenters. The van der Waals surface area contributed by atoms with Crippen LogP contribution in [0.3, 0.4) is 0 Å². The number of nitrogen functional groups attached to an aromatic ring is 1. The number of hydrogen-bond acceptors (Lipinski definition) is 4. The Morgan fingerprint density at radius 1 is 1.14 bits per heavy atom. The van der Waals surface area contributed by atoms with E-state index in [0.717, 1.165) is 27.6 Å². The van der Waals surface area contributed by atoms with E-state index in [1.165, 1.54) is 0 Å². The molecule has 0 aliphatic carbocycles. The van der Waals surface area contributed by atoms with Crippen LogP contribution < -0.4 is 5.73 Å². The highest BCUT2D eigenvalue weighted by Crippen LogP contribution is 2.26. The topological polar surface area (TPSA) is 52.0 Å². The molecule has 3 nitrogen and oxygen atoms in total. The molecule has 1 heterocycles. The summed E-state index contributed by atoms with van der Waals surface area (Å²) >= 11 is 7.66. The Kier molecular flexibility index (Phi) is 4.18. The van der Waals surface area contributed by atoms with Gasteiger partial charge in [-0.2, -0.15) is 0 Å². The van der Waals surface area contributed by atoms with Crippen LogP contribution in [0.15, 0.2) is 64.1 Å². The van der Waals surface area contributed by atoms with E-state index in [1.807, 2.05) is 48.5 Å². The van der Waals surface area contributed by atoms with Gasteiger partial charge < -0.3 is 10.2 Å². The van der Waals surface area contributed by atoms with E-state index < -0.39 is 0 Å². The minimum absolute atomic E-state index is 0.588. The predicted octanol–water partition coefficient (Wildman–Crippen LogP) is 4.87. The van der Waals surface area contributed by atoms with Gasteiger partial charge in [0.25, 0.3) is 0 Å². The second-order valence-corrected chi connectivity index (χ2v) is 6.00. The first-order valence-electron chi connectivity index (χ1n) is 6.39. The van der Waals surface area contributed by atoms with Crippen LogP contribution in [0.4, 0.5) is 5.69 Å². The van der Waals surface area contributed by atoms with Crippen molar-refractivity contribution < 1.29 is 4.42 Å². The maximum absolute atomic E-state index is 5.97. The lowest BCUT2D eigenvalue weighted by molar-refractivity contribution is 0.573. The predicted molar refractivity (Wildman–Crippen MR) is 87.4 cm³/mol. The van der Waals surface area contributed by atoms with Crippen molar-refractivity contribution in [3.05, 3.63) is 65.5 Å². The third-order valence-electron chi connectivity index (χ3n) is 2.89. The van der Waals surface area contributed by atoms with Gasteiger partial charge >= 0.3 is 0 Å². The Morgan fingerprint density at radius 3 is 2.71 bits per heavy atom. The van der Waals surface area contributed by atoms with Crippen molar-refractivity contribution in [3.63, 3.8) is 0 Å². The van der Waals surface area contributed by atoms with Gasteiger partial charge in [-0.15, -0.1) is 11.8 Å². The fourth-order valence-electron chi connectivity index (χ4n) is 1.85. The number of thioether (sulfide) groups is 1. The van der Waals surface area contributed by atoms with Gasteiger partial charge in [0.2, 0.25) is 5.89 Å².